The minimum Gasteiger partial charge on any atom is -0.495 e. The number of anilines is 2. The van der Waals surface area contributed by atoms with Crippen LogP contribution in [0, 0.1) is 6.92 Å². The van der Waals surface area contributed by atoms with Gasteiger partial charge in [0.15, 0.2) is 5.65 Å². The number of nitrogens with zero attached hydrogens (tertiary/aromatic N) is 4. The highest BCUT2D eigenvalue weighted by molar-refractivity contribution is 5.91. The van der Waals surface area contributed by atoms with E-state index in [4.69, 9.17) is 14.7 Å². The van der Waals surface area contributed by atoms with E-state index in [0.29, 0.717) is 18.0 Å². The number of nitrogens with one attached hydrogen (secondary N) is 2. The summed E-state index contributed by atoms with van der Waals surface area (Å²) in [7, 11) is 1.68. The Morgan fingerprint density at radius 1 is 1.19 bits per heavy atom. The summed E-state index contributed by atoms with van der Waals surface area (Å²) in [4.78, 5) is 19.4. The van der Waals surface area contributed by atoms with Crippen LogP contribution in [-0.4, -0.2) is 51.3 Å². The maximum absolute atomic E-state index is 9.75. The summed E-state index contributed by atoms with van der Waals surface area (Å²) >= 11 is 0. The Labute approximate surface area is 180 Å². The molecule has 1 aromatic carbocycles. The number of benzene rings is 1. The number of aromatic amines is 1. The number of piperidine rings is 1. The lowest BCUT2D eigenvalue weighted by atomic mass is 10.1. The van der Waals surface area contributed by atoms with Crippen LogP contribution in [0.5, 0.6) is 5.75 Å². The Kier molecular flexibility index (Phi) is 5.07. The lowest BCUT2D eigenvalue weighted by molar-refractivity contribution is 0.145. The first-order valence-electron chi connectivity index (χ1n) is 10.6. The molecule has 1 aliphatic rings. The predicted molar refractivity (Wildman–Crippen MR) is 122 cm³/mol. The molecular weight excluding hydrogens is 392 g/mol. The zero-order valence-corrected chi connectivity index (χ0v) is 17.7. The monoisotopic (exact) mass is 418 g/mol. The zero-order valence-electron chi connectivity index (χ0n) is 17.7. The van der Waals surface area contributed by atoms with Gasteiger partial charge in [0.1, 0.15) is 22.9 Å². The molecule has 1 aliphatic heterocycles. The highest BCUT2D eigenvalue weighted by atomic mass is 16.5. The van der Waals surface area contributed by atoms with E-state index in [-0.39, 0.29) is 6.10 Å². The van der Waals surface area contributed by atoms with Crippen LogP contribution in [0.1, 0.15) is 24.0 Å². The van der Waals surface area contributed by atoms with Gasteiger partial charge in [0.05, 0.1) is 24.9 Å². The molecule has 0 bridgehead atoms. The van der Waals surface area contributed by atoms with Gasteiger partial charge in [0.2, 0.25) is 0 Å². The molecule has 3 aromatic heterocycles. The molecule has 31 heavy (non-hydrogen) atoms. The van der Waals surface area contributed by atoms with Crippen molar-refractivity contribution >= 4 is 33.7 Å². The molecular formula is C23H26N6O2. The summed E-state index contributed by atoms with van der Waals surface area (Å²) in [6.07, 6.45) is 5.06. The molecule has 4 aromatic rings. The Morgan fingerprint density at radius 3 is 2.84 bits per heavy atom. The third-order valence-electron chi connectivity index (χ3n) is 5.94. The van der Waals surface area contributed by atoms with Gasteiger partial charge in [-0.25, -0.2) is 15.0 Å². The third-order valence-corrected chi connectivity index (χ3v) is 5.94. The highest BCUT2D eigenvalue weighted by Gasteiger charge is 2.18. The molecule has 0 aliphatic carbocycles. The minimum atomic E-state index is -0.208. The second-order valence-electron chi connectivity index (χ2n) is 7.99. The van der Waals surface area contributed by atoms with Gasteiger partial charge in [-0.1, -0.05) is 6.07 Å². The summed E-state index contributed by atoms with van der Waals surface area (Å²) in [5.41, 5.74) is 4.71. The second-order valence-corrected chi connectivity index (χ2v) is 7.99. The molecule has 3 N–H and O–H groups in total. The van der Waals surface area contributed by atoms with Gasteiger partial charge in [0, 0.05) is 31.2 Å². The molecule has 0 spiro atoms. The van der Waals surface area contributed by atoms with Gasteiger partial charge in [-0.3, -0.25) is 0 Å². The first-order chi connectivity index (χ1) is 15.1. The number of fused-ring (bicyclic) bond motifs is 2. The SMILES string of the molecule is COc1ccc(CNc2cnc3ccc(N4CCC(O)CC4)nc3n2)c2c(C)c[nH]c12. The lowest BCUT2D eigenvalue weighted by Gasteiger charge is -2.30. The maximum atomic E-state index is 9.75. The van der Waals surface area contributed by atoms with Crippen molar-refractivity contribution in [2.75, 3.05) is 30.4 Å². The van der Waals surface area contributed by atoms with Crippen LogP contribution in [0.25, 0.3) is 22.1 Å². The summed E-state index contributed by atoms with van der Waals surface area (Å²) in [5, 5.41) is 14.3. The maximum Gasteiger partial charge on any atom is 0.182 e. The normalized spacial score (nSPS) is 15.0. The molecule has 0 radical (unpaired) electrons. The average molecular weight is 419 g/mol. The van der Waals surface area contributed by atoms with Crippen LogP contribution in [0.4, 0.5) is 11.6 Å². The van der Waals surface area contributed by atoms with Crippen molar-refractivity contribution in [3.8, 4) is 5.75 Å². The van der Waals surface area contributed by atoms with Crippen LogP contribution in [0.3, 0.4) is 0 Å². The average Bonchev–Trinajstić information content (AvgIpc) is 3.19. The van der Waals surface area contributed by atoms with Crippen LogP contribution in [0.15, 0.2) is 36.7 Å². The van der Waals surface area contributed by atoms with E-state index < -0.39 is 0 Å². The summed E-state index contributed by atoms with van der Waals surface area (Å²) in [6.45, 7) is 4.30. The topological polar surface area (TPSA) is 99.2 Å². The summed E-state index contributed by atoms with van der Waals surface area (Å²) in [5.74, 6) is 2.40. The van der Waals surface area contributed by atoms with Gasteiger partial charge in [-0.2, -0.15) is 0 Å². The molecule has 8 nitrogen and oxygen atoms in total. The molecule has 8 heteroatoms. The summed E-state index contributed by atoms with van der Waals surface area (Å²) in [6, 6.07) is 7.98. The largest absolute Gasteiger partial charge is 0.495 e. The Morgan fingerprint density at radius 2 is 2.03 bits per heavy atom. The molecule has 160 valence electrons. The zero-order chi connectivity index (χ0) is 21.4. The highest BCUT2D eigenvalue weighted by Crippen LogP contribution is 2.30. The van der Waals surface area contributed by atoms with E-state index in [0.717, 1.165) is 59.5 Å². The fourth-order valence-corrected chi connectivity index (χ4v) is 4.22. The van der Waals surface area contributed by atoms with Crippen molar-refractivity contribution in [3.63, 3.8) is 0 Å². The number of hydrogen-bond donors (Lipinski definition) is 3. The van der Waals surface area contributed by atoms with Crippen LogP contribution >= 0.6 is 0 Å². The number of aliphatic hydroxyl groups excluding tert-OH is 1. The van der Waals surface area contributed by atoms with E-state index in [1.54, 1.807) is 13.3 Å². The molecule has 0 amide bonds. The summed E-state index contributed by atoms with van der Waals surface area (Å²) < 4.78 is 5.47. The number of rotatable bonds is 5. The Balaban J connectivity index is 1.38. The van der Waals surface area contributed by atoms with Crippen LogP contribution in [0.2, 0.25) is 0 Å². The van der Waals surface area contributed by atoms with Crippen molar-refractivity contribution in [1.29, 1.82) is 0 Å². The second kappa shape index (κ2) is 8.03. The lowest BCUT2D eigenvalue weighted by Crippen LogP contribution is -2.36. The minimum absolute atomic E-state index is 0.208. The smallest absolute Gasteiger partial charge is 0.182 e. The number of H-pyrrole nitrogens is 1. The first-order valence-corrected chi connectivity index (χ1v) is 10.6. The van der Waals surface area contributed by atoms with Gasteiger partial charge < -0.3 is 25.0 Å². The number of ether oxygens (including phenoxy) is 1. The van der Waals surface area contributed by atoms with Crippen LogP contribution in [-0.2, 0) is 6.54 Å². The molecule has 4 heterocycles. The van der Waals surface area contributed by atoms with E-state index in [9.17, 15) is 5.11 Å². The fraction of sp³-hybridized carbons (Fsp3) is 0.348. The predicted octanol–water partition coefficient (Wildman–Crippen LogP) is 3.40. The molecule has 1 saturated heterocycles. The standard InChI is InChI=1S/C23H26N6O2/c1-14-11-26-22-18(31-2)5-3-15(21(14)22)12-25-19-13-24-17-4-6-20(28-23(17)27-19)29-9-7-16(30)8-10-29/h3-6,11,13,16,26,30H,7-10,12H2,1-2H3,(H,25,27,28). The van der Waals surface area contributed by atoms with E-state index in [1.165, 1.54) is 5.56 Å². The van der Waals surface area contributed by atoms with Gasteiger partial charge >= 0.3 is 0 Å². The van der Waals surface area contributed by atoms with E-state index >= 15 is 0 Å². The van der Waals surface area contributed by atoms with Crippen molar-refractivity contribution in [2.45, 2.75) is 32.4 Å². The Hall–Kier alpha value is -3.39. The number of aliphatic hydroxyl groups is 1. The fourth-order valence-electron chi connectivity index (χ4n) is 4.22. The van der Waals surface area contributed by atoms with Crippen molar-refractivity contribution in [1.82, 2.24) is 19.9 Å². The molecule has 0 saturated carbocycles. The molecule has 0 unspecified atom stereocenters. The van der Waals surface area contributed by atoms with Crippen molar-refractivity contribution in [3.05, 3.63) is 47.8 Å². The number of methoxy groups -OCH3 is 1. The number of aromatic nitrogens is 4. The number of hydrogen-bond acceptors (Lipinski definition) is 7. The Bertz CT molecular complexity index is 1230. The van der Waals surface area contributed by atoms with E-state index in [2.05, 4.69) is 33.2 Å². The van der Waals surface area contributed by atoms with E-state index in [1.807, 2.05) is 24.4 Å². The quantitative estimate of drug-likeness (QED) is 0.457. The van der Waals surface area contributed by atoms with Crippen molar-refractivity contribution < 1.29 is 9.84 Å². The first kappa shape index (κ1) is 19.6. The van der Waals surface area contributed by atoms with Gasteiger partial charge in [-0.05, 0) is 49.1 Å². The van der Waals surface area contributed by atoms with Crippen LogP contribution < -0.4 is 15.0 Å². The van der Waals surface area contributed by atoms with Gasteiger partial charge in [0.25, 0.3) is 0 Å². The van der Waals surface area contributed by atoms with Crippen molar-refractivity contribution in [2.24, 2.45) is 0 Å². The molecule has 0 atom stereocenters. The molecule has 5 rings (SSSR count). The number of aryl methyl sites for hydroxylation is 1. The number of pyridine rings is 1. The third kappa shape index (κ3) is 3.74. The molecule has 1 fully saturated rings. The van der Waals surface area contributed by atoms with Gasteiger partial charge in [-0.15, -0.1) is 0 Å².